The minimum Gasteiger partial charge on any atom is -0.335 e. The molecule has 1 aliphatic rings. The van der Waals surface area contributed by atoms with Gasteiger partial charge in [-0.15, -0.1) is 0 Å². The molecule has 1 unspecified atom stereocenters. The number of para-hydroxylation sites is 1. The van der Waals surface area contributed by atoms with Gasteiger partial charge in [-0.05, 0) is 37.0 Å². The molecule has 2 aromatic rings. The third-order valence-electron chi connectivity index (χ3n) is 3.74. The number of benzene rings is 2. The standard InChI is InChI=1S/C18H20N2S/c1-13-7-6-8-14(2)17(13)20-18-19-16(12-21-18)11-15-9-4-3-5-10-15/h3-10,16H,11-12H2,1-2H3,(H,19,20). The van der Waals surface area contributed by atoms with E-state index in [1.54, 1.807) is 0 Å². The number of hydrogen-bond donors (Lipinski definition) is 1. The molecule has 1 heterocycles. The molecule has 1 atom stereocenters. The SMILES string of the molecule is Cc1cccc(C)c1NC1=NC(Cc2ccccc2)CS1. The van der Waals surface area contributed by atoms with Crippen LogP contribution in [0.5, 0.6) is 0 Å². The summed E-state index contributed by atoms with van der Waals surface area (Å²) in [5.41, 5.74) is 5.10. The third-order valence-corrected chi connectivity index (χ3v) is 4.77. The highest BCUT2D eigenvalue weighted by Crippen LogP contribution is 2.26. The molecule has 1 N–H and O–H groups in total. The summed E-state index contributed by atoms with van der Waals surface area (Å²) in [5, 5.41) is 4.56. The van der Waals surface area contributed by atoms with Gasteiger partial charge in [-0.2, -0.15) is 0 Å². The number of rotatable bonds is 3. The molecule has 0 saturated heterocycles. The van der Waals surface area contributed by atoms with Gasteiger partial charge >= 0.3 is 0 Å². The number of hydrogen-bond acceptors (Lipinski definition) is 3. The highest BCUT2D eigenvalue weighted by molar-refractivity contribution is 8.14. The minimum atomic E-state index is 0.379. The van der Waals surface area contributed by atoms with Crippen molar-refractivity contribution < 1.29 is 0 Å². The molecule has 0 amide bonds. The molecule has 0 spiro atoms. The van der Waals surface area contributed by atoms with E-state index in [9.17, 15) is 0 Å². The van der Waals surface area contributed by atoms with Gasteiger partial charge in [0.15, 0.2) is 5.17 Å². The van der Waals surface area contributed by atoms with Crippen LogP contribution >= 0.6 is 11.8 Å². The number of nitrogens with zero attached hydrogens (tertiary/aromatic N) is 1. The van der Waals surface area contributed by atoms with Crippen LogP contribution in [0.15, 0.2) is 53.5 Å². The van der Waals surface area contributed by atoms with E-state index in [1.807, 2.05) is 11.8 Å². The highest BCUT2D eigenvalue weighted by atomic mass is 32.2. The predicted octanol–water partition coefficient (Wildman–Crippen LogP) is 4.43. The van der Waals surface area contributed by atoms with Crippen LogP contribution in [0.1, 0.15) is 16.7 Å². The van der Waals surface area contributed by atoms with Crippen LogP contribution in [0.2, 0.25) is 0 Å². The molecule has 21 heavy (non-hydrogen) atoms. The van der Waals surface area contributed by atoms with Crippen molar-refractivity contribution in [2.24, 2.45) is 4.99 Å². The summed E-state index contributed by atoms with van der Waals surface area (Å²) in [4.78, 5) is 4.83. The van der Waals surface area contributed by atoms with E-state index >= 15 is 0 Å². The molecule has 108 valence electrons. The number of amidine groups is 1. The molecule has 3 heteroatoms. The minimum absolute atomic E-state index is 0.379. The number of nitrogens with one attached hydrogen (secondary N) is 1. The molecule has 0 saturated carbocycles. The topological polar surface area (TPSA) is 24.4 Å². The van der Waals surface area contributed by atoms with Crippen molar-refractivity contribution in [3.63, 3.8) is 0 Å². The second-order valence-electron chi connectivity index (χ2n) is 5.48. The first kappa shape index (κ1) is 14.2. The lowest BCUT2D eigenvalue weighted by Gasteiger charge is -2.11. The van der Waals surface area contributed by atoms with Crippen molar-refractivity contribution in [1.82, 2.24) is 0 Å². The molecule has 3 rings (SSSR count). The van der Waals surface area contributed by atoms with Crippen LogP contribution in [0.3, 0.4) is 0 Å². The zero-order valence-electron chi connectivity index (χ0n) is 12.5. The van der Waals surface area contributed by atoms with E-state index in [-0.39, 0.29) is 0 Å². The maximum Gasteiger partial charge on any atom is 0.161 e. The van der Waals surface area contributed by atoms with Gasteiger partial charge in [0.05, 0.1) is 6.04 Å². The fraction of sp³-hybridized carbons (Fsp3) is 0.278. The molecule has 1 aliphatic heterocycles. The molecule has 2 aromatic carbocycles. The van der Waals surface area contributed by atoms with Crippen molar-refractivity contribution in [3.8, 4) is 0 Å². The molecule has 0 bridgehead atoms. The van der Waals surface area contributed by atoms with E-state index in [1.165, 1.54) is 22.4 Å². The highest BCUT2D eigenvalue weighted by Gasteiger charge is 2.19. The lowest BCUT2D eigenvalue weighted by molar-refractivity contribution is 0.762. The second kappa shape index (κ2) is 6.35. The van der Waals surface area contributed by atoms with Gasteiger partial charge in [0.25, 0.3) is 0 Å². The Labute approximate surface area is 130 Å². The van der Waals surface area contributed by atoms with Crippen LogP contribution in [0.25, 0.3) is 0 Å². The number of thioether (sulfide) groups is 1. The number of aliphatic imine (C=N–C) groups is 1. The first-order valence-corrected chi connectivity index (χ1v) is 8.28. The van der Waals surface area contributed by atoms with Crippen LogP contribution in [0, 0.1) is 13.8 Å². The lowest BCUT2D eigenvalue weighted by atomic mass is 10.1. The Morgan fingerprint density at radius 1 is 1.05 bits per heavy atom. The third kappa shape index (κ3) is 3.48. The van der Waals surface area contributed by atoms with Crippen molar-refractivity contribution in [3.05, 3.63) is 65.2 Å². The Balaban J connectivity index is 1.69. The average molecular weight is 296 g/mol. The Morgan fingerprint density at radius 3 is 2.48 bits per heavy atom. The summed E-state index contributed by atoms with van der Waals surface area (Å²) < 4.78 is 0. The summed E-state index contributed by atoms with van der Waals surface area (Å²) >= 11 is 1.82. The molecular weight excluding hydrogens is 276 g/mol. The van der Waals surface area contributed by atoms with Gasteiger partial charge in [0.1, 0.15) is 0 Å². The Hall–Kier alpha value is -1.74. The molecule has 0 fully saturated rings. The number of anilines is 1. The monoisotopic (exact) mass is 296 g/mol. The number of aryl methyl sites for hydroxylation is 2. The normalized spacial score (nSPS) is 17.6. The van der Waals surface area contributed by atoms with Gasteiger partial charge in [0, 0.05) is 11.4 Å². The van der Waals surface area contributed by atoms with Crippen LogP contribution in [-0.2, 0) is 6.42 Å². The maximum absolute atomic E-state index is 4.83. The van der Waals surface area contributed by atoms with Crippen LogP contribution in [-0.4, -0.2) is 17.0 Å². The van der Waals surface area contributed by atoms with Crippen molar-refractivity contribution >= 4 is 22.6 Å². The van der Waals surface area contributed by atoms with Gasteiger partial charge in [0.2, 0.25) is 0 Å². The van der Waals surface area contributed by atoms with E-state index in [0.717, 1.165) is 17.3 Å². The Kier molecular flexibility index (Phi) is 4.30. The van der Waals surface area contributed by atoms with Crippen LogP contribution in [0.4, 0.5) is 5.69 Å². The van der Waals surface area contributed by atoms with Crippen molar-refractivity contribution in [2.45, 2.75) is 26.3 Å². The Morgan fingerprint density at radius 2 is 1.76 bits per heavy atom. The maximum atomic E-state index is 4.83. The summed E-state index contributed by atoms with van der Waals surface area (Å²) in [6, 6.07) is 17.3. The molecular formula is C18H20N2S. The fourth-order valence-electron chi connectivity index (χ4n) is 2.59. The molecule has 2 nitrogen and oxygen atoms in total. The zero-order valence-corrected chi connectivity index (χ0v) is 13.3. The van der Waals surface area contributed by atoms with Crippen molar-refractivity contribution in [2.75, 3.05) is 11.1 Å². The van der Waals surface area contributed by atoms with E-state index in [0.29, 0.717) is 6.04 Å². The molecule has 0 radical (unpaired) electrons. The van der Waals surface area contributed by atoms with Gasteiger partial charge < -0.3 is 5.32 Å². The van der Waals surface area contributed by atoms with Gasteiger partial charge in [-0.3, -0.25) is 4.99 Å². The average Bonchev–Trinajstić information content (AvgIpc) is 2.91. The smallest absolute Gasteiger partial charge is 0.161 e. The lowest BCUT2D eigenvalue weighted by Crippen LogP contribution is -2.09. The first-order chi connectivity index (χ1) is 10.2. The molecule has 0 aliphatic carbocycles. The zero-order chi connectivity index (χ0) is 14.7. The summed E-state index contributed by atoms with van der Waals surface area (Å²) in [6.07, 6.45) is 1.02. The fourth-order valence-corrected chi connectivity index (χ4v) is 3.53. The van der Waals surface area contributed by atoms with Gasteiger partial charge in [-0.25, -0.2) is 0 Å². The largest absolute Gasteiger partial charge is 0.335 e. The second-order valence-corrected chi connectivity index (χ2v) is 6.49. The quantitative estimate of drug-likeness (QED) is 0.906. The van der Waals surface area contributed by atoms with E-state index in [4.69, 9.17) is 4.99 Å². The Bertz CT molecular complexity index is 629. The van der Waals surface area contributed by atoms with Crippen molar-refractivity contribution in [1.29, 1.82) is 0 Å². The predicted molar refractivity (Wildman–Crippen MR) is 93.4 cm³/mol. The molecule has 0 aromatic heterocycles. The van der Waals surface area contributed by atoms with Gasteiger partial charge in [-0.1, -0.05) is 60.3 Å². The van der Waals surface area contributed by atoms with Crippen LogP contribution < -0.4 is 5.32 Å². The van der Waals surface area contributed by atoms with E-state index < -0.39 is 0 Å². The summed E-state index contributed by atoms with van der Waals surface area (Å²) in [5.74, 6) is 1.06. The first-order valence-electron chi connectivity index (χ1n) is 7.30. The summed E-state index contributed by atoms with van der Waals surface area (Å²) in [6.45, 7) is 4.27. The van der Waals surface area contributed by atoms with E-state index in [2.05, 4.69) is 67.7 Å². The summed E-state index contributed by atoms with van der Waals surface area (Å²) in [7, 11) is 0.